The van der Waals surface area contributed by atoms with Crippen molar-refractivity contribution in [3.63, 3.8) is 0 Å². The van der Waals surface area contributed by atoms with E-state index in [2.05, 4.69) is 5.92 Å². The van der Waals surface area contributed by atoms with Crippen LogP contribution in [0.2, 0.25) is 0 Å². The van der Waals surface area contributed by atoms with Crippen molar-refractivity contribution in [3.8, 4) is 12.3 Å². The van der Waals surface area contributed by atoms with Gasteiger partial charge < -0.3 is 28.4 Å². The van der Waals surface area contributed by atoms with Gasteiger partial charge in [-0.3, -0.25) is 0 Å². The van der Waals surface area contributed by atoms with E-state index in [1.54, 1.807) is 0 Å². The lowest BCUT2D eigenvalue weighted by molar-refractivity contribution is -0.230. The Morgan fingerprint density at radius 1 is 1.25 bits per heavy atom. The second-order valence-electron chi connectivity index (χ2n) is 5.62. The SMILES string of the molecule is C#CCO[C@@H]1[C@@H]2OC(C)(C)O[C@H]2O[C@@H]1[C@H]1COC(C)O1. The first-order chi connectivity index (χ1) is 9.50. The summed E-state index contributed by atoms with van der Waals surface area (Å²) in [6.45, 7) is 6.20. The Balaban J connectivity index is 1.73. The average Bonchev–Trinajstić information content (AvgIpc) is 2.99. The summed E-state index contributed by atoms with van der Waals surface area (Å²) >= 11 is 0. The first kappa shape index (κ1) is 14.3. The van der Waals surface area contributed by atoms with Gasteiger partial charge in [-0.05, 0) is 20.8 Å². The van der Waals surface area contributed by atoms with Gasteiger partial charge in [-0.25, -0.2) is 0 Å². The molecule has 0 aliphatic carbocycles. The van der Waals surface area contributed by atoms with Gasteiger partial charge in [0.05, 0.1) is 6.61 Å². The fraction of sp³-hybridized carbons (Fsp3) is 0.857. The molecule has 6 nitrogen and oxygen atoms in total. The Labute approximate surface area is 118 Å². The molecule has 0 bridgehead atoms. The maximum absolute atomic E-state index is 5.92. The second-order valence-corrected chi connectivity index (χ2v) is 5.62. The number of hydrogen-bond donors (Lipinski definition) is 0. The summed E-state index contributed by atoms with van der Waals surface area (Å²) in [7, 11) is 0. The Kier molecular flexibility index (Phi) is 3.75. The van der Waals surface area contributed by atoms with Crippen molar-refractivity contribution in [1.82, 2.24) is 0 Å². The molecule has 3 heterocycles. The van der Waals surface area contributed by atoms with Crippen LogP contribution in [0, 0.1) is 12.3 Å². The molecule has 3 aliphatic heterocycles. The molecule has 0 radical (unpaired) electrons. The van der Waals surface area contributed by atoms with Crippen LogP contribution in [-0.4, -0.2) is 56.0 Å². The maximum Gasteiger partial charge on any atom is 0.190 e. The Hall–Kier alpha value is -0.680. The zero-order chi connectivity index (χ0) is 14.3. The monoisotopic (exact) mass is 284 g/mol. The van der Waals surface area contributed by atoms with Crippen LogP contribution in [0.5, 0.6) is 0 Å². The zero-order valence-corrected chi connectivity index (χ0v) is 11.9. The van der Waals surface area contributed by atoms with E-state index < -0.39 is 12.1 Å². The van der Waals surface area contributed by atoms with E-state index in [1.807, 2.05) is 20.8 Å². The summed E-state index contributed by atoms with van der Waals surface area (Å²) in [5.74, 6) is 1.79. The minimum absolute atomic E-state index is 0.195. The average molecular weight is 284 g/mol. The Morgan fingerprint density at radius 2 is 2.05 bits per heavy atom. The number of ether oxygens (including phenoxy) is 6. The highest BCUT2D eigenvalue weighted by molar-refractivity contribution is 4.99. The molecule has 3 saturated heterocycles. The van der Waals surface area contributed by atoms with Crippen LogP contribution in [0.4, 0.5) is 0 Å². The van der Waals surface area contributed by atoms with Crippen LogP contribution in [0.15, 0.2) is 0 Å². The van der Waals surface area contributed by atoms with E-state index in [0.717, 1.165) is 0 Å². The molecule has 0 aromatic carbocycles. The van der Waals surface area contributed by atoms with Crippen LogP contribution < -0.4 is 0 Å². The van der Waals surface area contributed by atoms with Crippen LogP contribution >= 0.6 is 0 Å². The van der Waals surface area contributed by atoms with Crippen molar-refractivity contribution in [3.05, 3.63) is 0 Å². The lowest BCUT2D eigenvalue weighted by Gasteiger charge is -2.27. The molecule has 6 heteroatoms. The van der Waals surface area contributed by atoms with Crippen LogP contribution in [0.1, 0.15) is 20.8 Å². The van der Waals surface area contributed by atoms with Crippen LogP contribution in [-0.2, 0) is 28.4 Å². The van der Waals surface area contributed by atoms with E-state index in [0.29, 0.717) is 6.61 Å². The molecule has 6 atom stereocenters. The normalized spacial score (nSPS) is 46.3. The van der Waals surface area contributed by atoms with Crippen molar-refractivity contribution >= 4 is 0 Å². The smallest absolute Gasteiger partial charge is 0.190 e. The van der Waals surface area contributed by atoms with Gasteiger partial charge in [-0.15, -0.1) is 6.42 Å². The van der Waals surface area contributed by atoms with Gasteiger partial charge >= 0.3 is 0 Å². The number of rotatable bonds is 3. The Morgan fingerprint density at radius 3 is 2.70 bits per heavy atom. The summed E-state index contributed by atoms with van der Waals surface area (Å²) in [4.78, 5) is 0. The summed E-state index contributed by atoms with van der Waals surface area (Å²) in [6, 6.07) is 0. The third kappa shape index (κ3) is 2.58. The zero-order valence-electron chi connectivity index (χ0n) is 11.9. The van der Waals surface area contributed by atoms with E-state index >= 15 is 0 Å². The van der Waals surface area contributed by atoms with Crippen molar-refractivity contribution < 1.29 is 28.4 Å². The van der Waals surface area contributed by atoms with E-state index in [9.17, 15) is 0 Å². The summed E-state index contributed by atoms with van der Waals surface area (Å²) in [5.41, 5.74) is 0. The predicted molar refractivity (Wildman–Crippen MR) is 67.6 cm³/mol. The van der Waals surface area contributed by atoms with E-state index in [-0.39, 0.29) is 37.3 Å². The standard InChI is InChI=1S/C14H20O6/c1-5-6-15-11-10(9-7-16-8(2)17-9)18-13-12(11)19-14(3,4)20-13/h1,8-13H,6-7H2,2-4H3/t8?,9-,10-,11+,12+,13-/m1/s1. The van der Waals surface area contributed by atoms with Gasteiger partial charge in [-0.2, -0.15) is 0 Å². The predicted octanol–water partition coefficient (Wildman–Crippen LogP) is 0.643. The molecule has 3 rings (SSSR count). The minimum atomic E-state index is -0.682. The van der Waals surface area contributed by atoms with Crippen LogP contribution in [0.3, 0.4) is 0 Å². The topological polar surface area (TPSA) is 55.4 Å². The quantitative estimate of drug-likeness (QED) is 0.709. The highest BCUT2D eigenvalue weighted by Crippen LogP contribution is 2.40. The molecule has 3 fully saturated rings. The van der Waals surface area contributed by atoms with Crippen molar-refractivity contribution in [2.75, 3.05) is 13.2 Å². The number of terminal acetylenes is 1. The summed E-state index contributed by atoms with van der Waals surface area (Å²) in [5, 5.41) is 0. The third-order valence-electron chi connectivity index (χ3n) is 3.61. The molecule has 0 amide bonds. The van der Waals surface area contributed by atoms with Gasteiger partial charge in [0.25, 0.3) is 0 Å². The van der Waals surface area contributed by atoms with E-state index in [1.165, 1.54) is 0 Å². The first-order valence-electron chi connectivity index (χ1n) is 6.83. The van der Waals surface area contributed by atoms with Gasteiger partial charge in [0.1, 0.15) is 31.0 Å². The van der Waals surface area contributed by atoms with Crippen LogP contribution in [0.25, 0.3) is 0 Å². The van der Waals surface area contributed by atoms with Gasteiger partial charge in [0.2, 0.25) is 0 Å². The molecule has 20 heavy (non-hydrogen) atoms. The molecule has 0 aromatic heterocycles. The van der Waals surface area contributed by atoms with Gasteiger partial charge in [-0.1, -0.05) is 5.92 Å². The van der Waals surface area contributed by atoms with Crippen molar-refractivity contribution in [2.45, 2.75) is 63.6 Å². The molecule has 1 unspecified atom stereocenters. The summed E-state index contributed by atoms with van der Waals surface area (Å²) < 4.78 is 34.3. The number of hydrogen-bond acceptors (Lipinski definition) is 6. The molecular formula is C14H20O6. The van der Waals surface area contributed by atoms with E-state index in [4.69, 9.17) is 34.8 Å². The fourth-order valence-corrected chi connectivity index (χ4v) is 2.86. The minimum Gasteiger partial charge on any atom is -0.360 e. The Bertz CT molecular complexity index is 403. The van der Waals surface area contributed by atoms with Crippen molar-refractivity contribution in [1.29, 1.82) is 0 Å². The third-order valence-corrected chi connectivity index (χ3v) is 3.61. The van der Waals surface area contributed by atoms with Crippen molar-refractivity contribution in [2.24, 2.45) is 0 Å². The number of fused-ring (bicyclic) bond motifs is 1. The molecule has 0 aromatic rings. The largest absolute Gasteiger partial charge is 0.360 e. The molecule has 3 aliphatic rings. The van der Waals surface area contributed by atoms with Gasteiger partial charge in [0, 0.05) is 0 Å². The summed E-state index contributed by atoms with van der Waals surface area (Å²) in [6.07, 6.45) is 3.44. The molecule has 112 valence electrons. The molecule has 0 spiro atoms. The fourth-order valence-electron chi connectivity index (χ4n) is 2.86. The molecule has 0 saturated carbocycles. The lowest BCUT2D eigenvalue weighted by Crippen LogP contribution is -2.43. The first-order valence-corrected chi connectivity index (χ1v) is 6.83. The van der Waals surface area contributed by atoms with Gasteiger partial charge in [0.15, 0.2) is 18.4 Å². The molecular weight excluding hydrogens is 264 g/mol. The highest BCUT2D eigenvalue weighted by Gasteiger charge is 2.58. The second kappa shape index (κ2) is 5.26. The maximum atomic E-state index is 5.92. The molecule has 0 N–H and O–H groups in total. The lowest BCUT2D eigenvalue weighted by atomic mass is 10.1. The highest BCUT2D eigenvalue weighted by atomic mass is 16.8.